The van der Waals surface area contributed by atoms with E-state index in [-0.39, 0.29) is 24.4 Å². The first-order chi connectivity index (χ1) is 12.1. The summed E-state index contributed by atoms with van der Waals surface area (Å²) in [5, 5.41) is 9.20. The fraction of sp³-hybridized carbons (Fsp3) is 0.350. The Balaban J connectivity index is 1.68. The van der Waals surface area contributed by atoms with Gasteiger partial charge < -0.3 is 14.7 Å². The van der Waals surface area contributed by atoms with Crippen LogP contribution in [0.25, 0.3) is 0 Å². The molecule has 0 bridgehead atoms. The third-order valence-electron chi connectivity index (χ3n) is 4.28. The summed E-state index contributed by atoms with van der Waals surface area (Å²) in [7, 11) is 0. The van der Waals surface area contributed by atoms with E-state index in [1.165, 1.54) is 12.1 Å². The van der Waals surface area contributed by atoms with Gasteiger partial charge in [-0.3, -0.25) is 4.79 Å². The Kier molecular flexibility index (Phi) is 5.34. The third-order valence-corrected chi connectivity index (χ3v) is 4.28. The summed E-state index contributed by atoms with van der Waals surface area (Å²) in [5.74, 6) is 0.194. The highest BCUT2D eigenvalue weighted by atomic mass is 19.1. The Morgan fingerprint density at radius 1 is 1.24 bits per heavy atom. The molecule has 0 heterocycles. The summed E-state index contributed by atoms with van der Waals surface area (Å²) in [5.41, 5.74) is 1.64. The quantitative estimate of drug-likeness (QED) is 0.839. The van der Waals surface area contributed by atoms with Gasteiger partial charge in [-0.15, -0.1) is 0 Å². The third kappa shape index (κ3) is 4.57. The van der Waals surface area contributed by atoms with Gasteiger partial charge in [-0.05, 0) is 55.2 Å². The van der Waals surface area contributed by atoms with Crippen molar-refractivity contribution in [2.24, 2.45) is 0 Å². The molecule has 0 saturated heterocycles. The minimum absolute atomic E-state index is 0.0711. The monoisotopic (exact) mass is 343 g/mol. The Hall–Kier alpha value is -2.40. The van der Waals surface area contributed by atoms with E-state index in [1.807, 2.05) is 4.90 Å². The number of hydrogen-bond donors (Lipinski definition) is 1. The molecule has 2 aromatic rings. The zero-order valence-corrected chi connectivity index (χ0v) is 14.2. The van der Waals surface area contributed by atoms with Crippen LogP contribution in [0.3, 0.4) is 0 Å². The minimum Gasteiger partial charge on any atom is -0.481 e. The van der Waals surface area contributed by atoms with Gasteiger partial charge in [-0.25, -0.2) is 4.39 Å². The molecule has 0 aromatic heterocycles. The number of nitrogens with zero attached hydrogens (tertiary/aromatic N) is 1. The van der Waals surface area contributed by atoms with Crippen molar-refractivity contribution in [1.82, 2.24) is 4.90 Å². The first-order valence-electron chi connectivity index (χ1n) is 8.48. The second kappa shape index (κ2) is 7.66. The minimum atomic E-state index is -0.630. The lowest BCUT2D eigenvalue weighted by Crippen LogP contribution is -2.41. The van der Waals surface area contributed by atoms with Crippen LogP contribution in [0.15, 0.2) is 48.5 Å². The molecular weight excluding hydrogens is 321 g/mol. The molecule has 1 aliphatic rings. The molecule has 0 radical (unpaired) electrons. The topological polar surface area (TPSA) is 49.8 Å². The predicted molar refractivity (Wildman–Crippen MR) is 92.4 cm³/mol. The van der Waals surface area contributed by atoms with E-state index < -0.39 is 6.10 Å². The molecule has 132 valence electrons. The lowest BCUT2D eigenvalue weighted by Gasteiger charge is -2.26. The zero-order valence-electron chi connectivity index (χ0n) is 14.2. The number of aliphatic hydroxyl groups excluding tert-OH is 1. The van der Waals surface area contributed by atoms with Crippen LogP contribution < -0.4 is 4.74 Å². The van der Waals surface area contributed by atoms with E-state index in [0.29, 0.717) is 12.3 Å². The predicted octanol–water partition coefficient (Wildman–Crippen LogP) is 3.28. The molecule has 3 rings (SSSR count). The maximum Gasteiger partial charge on any atom is 0.263 e. The number of hydrogen-bond acceptors (Lipinski definition) is 3. The summed E-state index contributed by atoms with van der Waals surface area (Å²) in [6, 6.07) is 13.5. The Morgan fingerprint density at radius 3 is 2.60 bits per heavy atom. The van der Waals surface area contributed by atoms with Gasteiger partial charge in [0, 0.05) is 12.6 Å². The van der Waals surface area contributed by atoms with Gasteiger partial charge in [-0.1, -0.05) is 24.3 Å². The summed E-state index contributed by atoms with van der Waals surface area (Å²) in [6.45, 7) is 2.11. The lowest BCUT2D eigenvalue weighted by atomic mass is 10.2. The zero-order chi connectivity index (χ0) is 17.8. The number of ether oxygens (including phenoxy) is 1. The van der Waals surface area contributed by atoms with Gasteiger partial charge in [0.05, 0.1) is 6.61 Å². The second-order valence-corrected chi connectivity index (χ2v) is 6.39. The van der Waals surface area contributed by atoms with Gasteiger partial charge in [0.25, 0.3) is 5.91 Å². The number of halogens is 1. The molecule has 1 fully saturated rings. The number of amides is 1. The molecule has 2 aromatic carbocycles. The van der Waals surface area contributed by atoms with E-state index >= 15 is 0 Å². The molecule has 1 aliphatic carbocycles. The summed E-state index contributed by atoms with van der Waals surface area (Å²) < 4.78 is 18.8. The van der Waals surface area contributed by atoms with E-state index in [9.17, 15) is 14.3 Å². The lowest BCUT2D eigenvalue weighted by molar-refractivity contribution is -0.139. The maximum atomic E-state index is 13.1. The molecule has 1 unspecified atom stereocenters. The van der Waals surface area contributed by atoms with Crippen LogP contribution in [0.1, 0.15) is 30.9 Å². The summed E-state index contributed by atoms with van der Waals surface area (Å²) >= 11 is 0. The number of rotatable bonds is 7. The number of aliphatic hydroxyl groups is 1. The fourth-order valence-corrected chi connectivity index (χ4v) is 2.76. The highest BCUT2D eigenvalue weighted by molar-refractivity contribution is 5.81. The van der Waals surface area contributed by atoms with E-state index in [4.69, 9.17) is 4.74 Å². The number of benzene rings is 2. The second-order valence-electron chi connectivity index (χ2n) is 6.39. The SMILES string of the molecule is CC(Oc1cccc(CO)c1)C(=O)N(Cc1ccc(F)cc1)C1CC1. The summed E-state index contributed by atoms with van der Waals surface area (Å²) in [6.07, 6.45) is 1.34. The smallest absolute Gasteiger partial charge is 0.263 e. The summed E-state index contributed by atoms with van der Waals surface area (Å²) in [4.78, 5) is 14.6. The maximum absolute atomic E-state index is 13.1. The molecule has 0 aliphatic heterocycles. The standard InChI is InChI=1S/C20H22FNO3/c1-14(25-19-4-2-3-16(11-19)13-23)20(24)22(18-9-10-18)12-15-5-7-17(21)8-6-15/h2-8,11,14,18,23H,9-10,12-13H2,1H3. The molecule has 1 amide bonds. The van der Waals surface area contributed by atoms with Crippen LogP contribution in [0, 0.1) is 5.82 Å². The van der Waals surface area contributed by atoms with Gasteiger partial charge in [-0.2, -0.15) is 0 Å². The van der Waals surface area contributed by atoms with Crippen molar-refractivity contribution in [2.45, 2.75) is 45.1 Å². The first-order valence-corrected chi connectivity index (χ1v) is 8.48. The van der Waals surface area contributed by atoms with Crippen molar-refractivity contribution in [3.8, 4) is 5.75 Å². The molecular formula is C20H22FNO3. The highest BCUT2D eigenvalue weighted by Crippen LogP contribution is 2.29. The van der Waals surface area contributed by atoms with Crippen LogP contribution >= 0.6 is 0 Å². The van der Waals surface area contributed by atoms with Crippen molar-refractivity contribution < 1.29 is 19.0 Å². The molecule has 1 saturated carbocycles. The number of carbonyl (C=O) groups excluding carboxylic acids is 1. The molecule has 25 heavy (non-hydrogen) atoms. The van der Waals surface area contributed by atoms with Gasteiger partial charge in [0.15, 0.2) is 6.10 Å². The van der Waals surface area contributed by atoms with Gasteiger partial charge in [0.1, 0.15) is 11.6 Å². The van der Waals surface area contributed by atoms with Crippen LogP contribution in [-0.4, -0.2) is 28.1 Å². The fourth-order valence-electron chi connectivity index (χ4n) is 2.76. The first kappa shape index (κ1) is 17.4. The Labute approximate surface area is 146 Å². The van der Waals surface area contributed by atoms with Crippen molar-refractivity contribution in [2.75, 3.05) is 0 Å². The van der Waals surface area contributed by atoms with Crippen molar-refractivity contribution in [3.05, 3.63) is 65.5 Å². The van der Waals surface area contributed by atoms with E-state index in [0.717, 1.165) is 24.0 Å². The number of carbonyl (C=O) groups is 1. The highest BCUT2D eigenvalue weighted by Gasteiger charge is 2.35. The van der Waals surface area contributed by atoms with Gasteiger partial charge in [0.2, 0.25) is 0 Å². The largest absolute Gasteiger partial charge is 0.481 e. The molecule has 1 atom stereocenters. The van der Waals surface area contributed by atoms with Crippen LogP contribution in [0.4, 0.5) is 4.39 Å². The van der Waals surface area contributed by atoms with Crippen molar-refractivity contribution >= 4 is 5.91 Å². The average Bonchev–Trinajstić information content (AvgIpc) is 3.45. The molecule has 4 nitrogen and oxygen atoms in total. The molecule has 1 N–H and O–H groups in total. The molecule has 5 heteroatoms. The van der Waals surface area contributed by atoms with Gasteiger partial charge >= 0.3 is 0 Å². The van der Waals surface area contributed by atoms with Crippen LogP contribution in [-0.2, 0) is 17.9 Å². The van der Waals surface area contributed by atoms with Crippen molar-refractivity contribution in [3.63, 3.8) is 0 Å². The molecule has 0 spiro atoms. The Bertz CT molecular complexity index is 728. The average molecular weight is 343 g/mol. The van der Waals surface area contributed by atoms with Crippen LogP contribution in [0.2, 0.25) is 0 Å². The van der Waals surface area contributed by atoms with E-state index in [2.05, 4.69) is 0 Å². The normalized spacial score (nSPS) is 14.8. The Morgan fingerprint density at radius 2 is 1.96 bits per heavy atom. The van der Waals surface area contributed by atoms with Crippen LogP contribution in [0.5, 0.6) is 5.75 Å². The van der Waals surface area contributed by atoms with E-state index in [1.54, 1.807) is 43.3 Å². The van der Waals surface area contributed by atoms with Crippen molar-refractivity contribution in [1.29, 1.82) is 0 Å².